The number of nitrogens with zero attached hydrogens (tertiary/aromatic N) is 1. The first-order valence-corrected chi connectivity index (χ1v) is 11.1. The molecule has 0 unspecified atom stereocenters. The van der Waals surface area contributed by atoms with E-state index in [2.05, 4.69) is 21.2 Å². The van der Waals surface area contributed by atoms with Gasteiger partial charge in [-0.15, -0.1) is 0 Å². The minimum absolute atomic E-state index is 0.0656. The molecular weight excluding hydrogens is 452 g/mol. The van der Waals surface area contributed by atoms with Gasteiger partial charge in [-0.3, -0.25) is 9.59 Å². The smallest absolute Gasteiger partial charge is 0.242 e. The molecule has 1 N–H and O–H groups in total. The molecule has 0 aliphatic carbocycles. The predicted octanol–water partition coefficient (Wildman–Crippen LogP) is 5.37. The van der Waals surface area contributed by atoms with Crippen molar-refractivity contribution in [3.8, 4) is 0 Å². The third-order valence-electron chi connectivity index (χ3n) is 4.98. The highest BCUT2D eigenvalue weighted by Crippen LogP contribution is 2.19. The Labute approximate surface area is 186 Å². The zero-order chi connectivity index (χ0) is 21.4. The molecule has 0 heterocycles. The van der Waals surface area contributed by atoms with Crippen LogP contribution in [0, 0.1) is 0 Å². The van der Waals surface area contributed by atoms with Crippen LogP contribution in [0.2, 0.25) is 5.02 Å². The second kappa shape index (κ2) is 11.4. The summed E-state index contributed by atoms with van der Waals surface area (Å²) in [7, 11) is 0. The second-order valence-electron chi connectivity index (χ2n) is 7.24. The fraction of sp³-hybridized carbons (Fsp3) is 0.391. The standard InChI is InChI=1S/C23H28BrClN2O2/c1-4-16(2)26-23(29)17(3)27(15-18-8-7-10-20(24)14-18)22(28)13-12-19-9-5-6-11-21(19)25/h5-11,14,16-17H,4,12-13,15H2,1-3H3,(H,26,29)/t16-,17-/m1/s1. The number of nitrogens with one attached hydrogen (secondary N) is 1. The molecule has 2 atom stereocenters. The summed E-state index contributed by atoms with van der Waals surface area (Å²) in [5, 5.41) is 3.64. The molecule has 0 spiro atoms. The summed E-state index contributed by atoms with van der Waals surface area (Å²) in [6, 6.07) is 14.8. The Morgan fingerprint density at radius 2 is 1.86 bits per heavy atom. The minimum Gasteiger partial charge on any atom is -0.352 e. The van der Waals surface area contributed by atoms with E-state index in [4.69, 9.17) is 11.6 Å². The number of carbonyl (C=O) groups is 2. The van der Waals surface area contributed by atoms with E-state index in [1.807, 2.05) is 62.4 Å². The lowest BCUT2D eigenvalue weighted by atomic mass is 10.1. The third-order valence-corrected chi connectivity index (χ3v) is 5.84. The lowest BCUT2D eigenvalue weighted by Crippen LogP contribution is -2.49. The van der Waals surface area contributed by atoms with Crippen LogP contribution in [0.1, 0.15) is 44.7 Å². The number of rotatable bonds is 9. The van der Waals surface area contributed by atoms with E-state index in [0.29, 0.717) is 24.4 Å². The van der Waals surface area contributed by atoms with Crippen LogP contribution in [-0.4, -0.2) is 28.8 Å². The highest BCUT2D eigenvalue weighted by atomic mass is 79.9. The van der Waals surface area contributed by atoms with Gasteiger partial charge in [0.05, 0.1) is 0 Å². The molecule has 2 aromatic rings. The van der Waals surface area contributed by atoms with E-state index in [1.165, 1.54) is 0 Å². The van der Waals surface area contributed by atoms with Gasteiger partial charge in [0, 0.05) is 28.5 Å². The summed E-state index contributed by atoms with van der Waals surface area (Å²) in [5.74, 6) is -0.211. The van der Waals surface area contributed by atoms with Crippen LogP contribution in [0.3, 0.4) is 0 Å². The normalized spacial score (nSPS) is 12.9. The molecule has 6 heteroatoms. The summed E-state index contributed by atoms with van der Waals surface area (Å²) >= 11 is 9.70. The number of carbonyl (C=O) groups excluding carboxylic acids is 2. The predicted molar refractivity (Wildman–Crippen MR) is 122 cm³/mol. The monoisotopic (exact) mass is 478 g/mol. The highest BCUT2D eigenvalue weighted by molar-refractivity contribution is 9.10. The number of aryl methyl sites for hydroxylation is 1. The fourth-order valence-corrected chi connectivity index (χ4v) is 3.64. The molecule has 0 radical (unpaired) electrons. The molecule has 4 nitrogen and oxygen atoms in total. The van der Waals surface area contributed by atoms with Crippen molar-refractivity contribution in [2.75, 3.05) is 0 Å². The topological polar surface area (TPSA) is 49.4 Å². The van der Waals surface area contributed by atoms with Gasteiger partial charge in [0.1, 0.15) is 6.04 Å². The van der Waals surface area contributed by atoms with Gasteiger partial charge in [-0.05, 0) is 56.0 Å². The molecular formula is C23H28BrClN2O2. The number of halogens is 2. The molecule has 0 saturated heterocycles. The van der Waals surface area contributed by atoms with Crippen LogP contribution >= 0.6 is 27.5 Å². The third kappa shape index (κ3) is 7.16. The Kier molecular flexibility index (Phi) is 9.18. The quantitative estimate of drug-likeness (QED) is 0.526. The fourth-order valence-electron chi connectivity index (χ4n) is 2.97. The van der Waals surface area contributed by atoms with E-state index in [9.17, 15) is 9.59 Å². The maximum atomic E-state index is 13.1. The number of hydrogen-bond acceptors (Lipinski definition) is 2. The molecule has 2 amide bonds. The van der Waals surface area contributed by atoms with Crippen LogP contribution in [0.15, 0.2) is 53.0 Å². The number of amides is 2. The lowest BCUT2D eigenvalue weighted by molar-refractivity contribution is -0.140. The van der Waals surface area contributed by atoms with Crippen LogP contribution < -0.4 is 5.32 Å². The molecule has 0 bridgehead atoms. The van der Waals surface area contributed by atoms with Crippen LogP contribution in [-0.2, 0) is 22.6 Å². The molecule has 0 aliphatic heterocycles. The van der Waals surface area contributed by atoms with Gasteiger partial charge in [-0.25, -0.2) is 0 Å². The number of hydrogen-bond donors (Lipinski definition) is 1. The van der Waals surface area contributed by atoms with Crippen molar-refractivity contribution >= 4 is 39.3 Å². The van der Waals surface area contributed by atoms with Crippen LogP contribution in [0.4, 0.5) is 0 Å². The van der Waals surface area contributed by atoms with Gasteiger partial charge in [-0.1, -0.05) is 64.8 Å². The van der Waals surface area contributed by atoms with Crippen molar-refractivity contribution in [2.45, 2.75) is 58.7 Å². The first kappa shape index (κ1) is 23.4. The van der Waals surface area contributed by atoms with E-state index < -0.39 is 6.04 Å². The SMILES string of the molecule is CC[C@@H](C)NC(=O)[C@@H](C)N(Cc1cccc(Br)c1)C(=O)CCc1ccccc1Cl. The molecule has 156 valence electrons. The Balaban J connectivity index is 2.17. The van der Waals surface area contributed by atoms with Gasteiger partial charge in [0.15, 0.2) is 0 Å². The molecule has 2 rings (SSSR count). The van der Waals surface area contributed by atoms with Crippen molar-refractivity contribution in [3.05, 3.63) is 69.2 Å². The van der Waals surface area contributed by atoms with Gasteiger partial charge in [0.2, 0.25) is 11.8 Å². The Morgan fingerprint density at radius 1 is 1.14 bits per heavy atom. The van der Waals surface area contributed by atoms with E-state index in [1.54, 1.807) is 11.8 Å². The zero-order valence-electron chi connectivity index (χ0n) is 17.1. The van der Waals surface area contributed by atoms with Crippen molar-refractivity contribution in [1.29, 1.82) is 0 Å². The molecule has 0 aliphatic rings. The Bertz CT molecular complexity index is 843. The summed E-state index contributed by atoms with van der Waals surface area (Å²) in [6.07, 6.45) is 1.66. The van der Waals surface area contributed by atoms with Crippen molar-refractivity contribution < 1.29 is 9.59 Å². The molecule has 29 heavy (non-hydrogen) atoms. The molecule has 0 aromatic heterocycles. The van der Waals surface area contributed by atoms with Crippen LogP contribution in [0.5, 0.6) is 0 Å². The highest BCUT2D eigenvalue weighted by Gasteiger charge is 2.26. The van der Waals surface area contributed by atoms with E-state index in [-0.39, 0.29) is 17.9 Å². The minimum atomic E-state index is -0.568. The maximum Gasteiger partial charge on any atom is 0.242 e. The summed E-state index contributed by atoms with van der Waals surface area (Å²) in [4.78, 5) is 27.5. The molecule has 0 saturated carbocycles. The summed E-state index contributed by atoms with van der Waals surface area (Å²) in [5.41, 5.74) is 1.90. The van der Waals surface area contributed by atoms with Crippen molar-refractivity contribution in [1.82, 2.24) is 10.2 Å². The van der Waals surface area contributed by atoms with Gasteiger partial charge in [-0.2, -0.15) is 0 Å². The largest absolute Gasteiger partial charge is 0.352 e. The Morgan fingerprint density at radius 3 is 2.52 bits per heavy atom. The van der Waals surface area contributed by atoms with E-state index in [0.717, 1.165) is 22.0 Å². The first-order chi connectivity index (χ1) is 13.8. The van der Waals surface area contributed by atoms with Gasteiger partial charge < -0.3 is 10.2 Å². The van der Waals surface area contributed by atoms with Gasteiger partial charge in [0.25, 0.3) is 0 Å². The molecule has 2 aromatic carbocycles. The molecule has 0 fully saturated rings. The summed E-state index contributed by atoms with van der Waals surface area (Å²) in [6.45, 7) is 6.13. The second-order valence-corrected chi connectivity index (χ2v) is 8.56. The Hall–Kier alpha value is -1.85. The van der Waals surface area contributed by atoms with E-state index >= 15 is 0 Å². The lowest BCUT2D eigenvalue weighted by Gasteiger charge is -2.30. The number of benzene rings is 2. The average Bonchev–Trinajstić information content (AvgIpc) is 2.70. The maximum absolute atomic E-state index is 13.1. The van der Waals surface area contributed by atoms with Crippen molar-refractivity contribution in [3.63, 3.8) is 0 Å². The van der Waals surface area contributed by atoms with Crippen LogP contribution in [0.25, 0.3) is 0 Å². The zero-order valence-corrected chi connectivity index (χ0v) is 19.5. The van der Waals surface area contributed by atoms with Gasteiger partial charge >= 0.3 is 0 Å². The van der Waals surface area contributed by atoms with Crippen molar-refractivity contribution in [2.24, 2.45) is 0 Å². The average molecular weight is 480 g/mol. The first-order valence-electron chi connectivity index (χ1n) is 9.89. The summed E-state index contributed by atoms with van der Waals surface area (Å²) < 4.78 is 0.940.